The van der Waals surface area contributed by atoms with Gasteiger partial charge in [-0.3, -0.25) is 4.99 Å². The van der Waals surface area contributed by atoms with Crippen LogP contribution in [0.4, 0.5) is 0 Å². The maximum Gasteiger partial charge on any atom is 0.191 e. The quantitative estimate of drug-likeness (QED) is 0.318. The Labute approximate surface area is 126 Å². The van der Waals surface area contributed by atoms with Crippen LogP contribution >= 0.6 is 11.8 Å². The Morgan fingerprint density at radius 3 is 2.70 bits per heavy atom. The molecule has 1 aromatic carbocycles. The molecule has 1 aromatic rings. The van der Waals surface area contributed by atoms with Crippen LogP contribution in [0, 0.1) is 0 Å². The number of thioether (sulfide) groups is 1. The molecular weight excluding hydrogens is 270 g/mol. The molecule has 0 fully saturated rings. The summed E-state index contributed by atoms with van der Waals surface area (Å²) < 4.78 is 5.28. The van der Waals surface area contributed by atoms with E-state index in [-0.39, 0.29) is 0 Å². The van der Waals surface area contributed by atoms with Crippen molar-refractivity contribution in [1.29, 1.82) is 0 Å². The van der Waals surface area contributed by atoms with Gasteiger partial charge in [-0.25, -0.2) is 0 Å². The molecule has 2 N–H and O–H groups in total. The van der Waals surface area contributed by atoms with Crippen molar-refractivity contribution in [2.24, 2.45) is 4.99 Å². The number of guanidine groups is 1. The molecule has 112 valence electrons. The van der Waals surface area contributed by atoms with Gasteiger partial charge in [-0.1, -0.05) is 18.2 Å². The maximum absolute atomic E-state index is 5.28. The maximum atomic E-state index is 5.28. The van der Waals surface area contributed by atoms with Crippen LogP contribution in [-0.2, 0) is 4.74 Å². The minimum atomic E-state index is 0.672. The van der Waals surface area contributed by atoms with E-state index in [9.17, 15) is 0 Å². The predicted octanol–water partition coefficient (Wildman–Crippen LogP) is 2.37. The second-order valence-corrected chi connectivity index (χ2v) is 5.21. The highest BCUT2D eigenvalue weighted by molar-refractivity contribution is 7.99. The second-order valence-electron chi connectivity index (χ2n) is 4.05. The van der Waals surface area contributed by atoms with Crippen molar-refractivity contribution in [2.45, 2.75) is 18.7 Å². The molecule has 0 amide bonds. The van der Waals surface area contributed by atoms with E-state index in [4.69, 9.17) is 4.74 Å². The summed E-state index contributed by atoms with van der Waals surface area (Å²) in [6.07, 6.45) is 0. The standard InChI is InChI=1S/C15H25N3OS/c1-3-16-15(17-10-12-19-4-2)18-11-13-20-14-8-6-5-7-9-14/h5-9H,3-4,10-13H2,1-2H3,(H2,16,17,18). The van der Waals surface area contributed by atoms with Crippen LogP contribution < -0.4 is 10.6 Å². The number of hydrogen-bond acceptors (Lipinski definition) is 3. The number of aliphatic imine (C=N–C) groups is 1. The fourth-order valence-electron chi connectivity index (χ4n) is 1.56. The molecule has 0 atom stereocenters. The summed E-state index contributed by atoms with van der Waals surface area (Å²) in [6, 6.07) is 10.4. The van der Waals surface area contributed by atoms with E-state index in [1.807, 2.05) is 24.8 Å². The lowest BCUT2D eigenvalue weighted by Crippen LogP contribution is -2.38. The highest BCUT2D eigenvalue weighted by atomic mass is 32.2. The highest BCUT2D eigenvalue weighted by Crippen LogP contribution is 2.15. The molecule has 0 aromatic heterocycles. The number of hydrogen-bond donors (Lipinski definition) is 2. The highest BCUT2D eigenvalue weighted by Gasteiger charge is 1.97. The summed E-state index contributed by atoms with van der Waals surface area (Å²) >= 11 is 1.84. The molecule has 0 aliphatic rings. The summed E-state index contributed by atoms with van der Waals surface area (Å²) in [5, 5.41) is 6.56. The third-order valence-electron chi connectivity index (χ3n) is 2.46. The van der Waals surface area contributed by atoms with Gasteiger partial charge in [0.25, 0.3) is 0 Å². The van der Waals surface area contributed by atoms with Crippen molar-refractivity contribution < 1.29 is 4.74 Å². The van der Waals surface area contributed by atoms with Crippen LogP contribution in [0.25, 0.3) is 0 Å². The molecule has 5 heteroatoms. The fourth-order valence-corrected chi connectivity index (χ4v) is 2.35. The average Bonchev–Trinajstić information content (AvgIpc) is 2.49. The Morgan fingerprint density at radius 2 is 2.00 bits per heavy atom. The fraction of sp³-hybridized carbons (Fsp3) is 0.533. The van der Waals surface area contributed by atoms with Gasteiger partial charge in [0, 0.05) is 30.3 Å². The first kappa shape index (κ1) is 16.9. The van der Waals surface area contributed by atoms with E-state index in [1.165, 1.54) is 4.90 Å². The van der Waals surface area contributed by atoms with Gasteiger partial charge in [0.1, 0.15) is 0 Å². The first-order valence-corrected chi connectivity index (χ1v) is 8.13. The van der Waals surface area contributed by atoms with Crippen LogP contribution in [0.3, 0.4) is 0 Å². The summed E-state index contributed by atoms with van der Waals surface area (Å²) in [6.45, 7) is 7.92. The third kappa shape index (κ3) is 8.07. The zero-order valence-electron chi connectivity index (χ0n) is 12.4. The lowest BCUT2D eigenvalue weighted by molar-refractivity contribution is 0.155. The van der Waals surface area contributed by atoms with Gasteiger partial charge in [-0.05, 0) is 26.0 Å². The van der Waals surface area contributed by atoms with Crippen LogP contribution in [0.1, 0.15) is 13.8 Å². The Bertz CT molecular complexity index is 371. The van der Waals surface area contributed by atoms with Gasteiger partial charge in [-0.15, -0.1) is 11.8 Å². The number of nitrogens with zero attached hydrogens (tertiary/aromatic N) is 1. The number of benzene rings is 1. The summed E-state index contributed by atoms with van der Waals surface area (Å²) in [4.78, 5) is 5.75. The average molecular weight is 295 g/mol. The first-order chi connectivity index (χ1) is 9.86. The molecule has 0 bridgehead atoms. The van der Waals surface area contributed by atoms with Gasteiger partial charge in [0.15, 0.2) is 5.96 Å². The summed E-state index contributed by atoms with van der Waals surface area (Å²) in [7, 11) is 0. The SMILES string of the molecule is CCNC(=NCCOCC)NCCSc1ccccc1. The Morgan fingerprint density at radius 1 is 1.20 bits per heavy atom. The molecule has 0 saturated carbocycles. The topological polar surface area (TPSA) is 45.7 Å². The molecule has 1 rings (SSSR count). The molecule has 0 unspecified atom stereocenters. The number of ether oxygens (including phenoxy) is 1. The van der Waals surface area contributed by atoms with E-state index >= 15 is 0 Å². The van der Waals surface area contributed by atoms with E-state index in [0.29, 0.717) is 13.2 Å². The van der Waals surface area contributed by atoms with E-state index in [1.54, 1.807) is 0 Å². The first-order valence-electron chi connectivity index (χ1n) is 7.14. The minimum Gasteiger partial charge on any atom is -0.380 e. The molecule has 0 aliphatic heterocycles. The van der Waals surface area contributed by atoms with Gasteiger partial charge in [-0.2, -0.15) is 0 Å². The van der Waals surface area contributed by atoms with Crippen molar-refractivity contribution in [1.82, 2.24) is 10.6 Å². The molecular formula is C15H25N3OS. The molecule has 4 nitrogen and oxygen atoms in total. The van der Waals surface area contributed by atoms with Crippen molar-refractivity contribution in [3.05, 3.63) is 30.3 Å². The smallest absolute Gasteiger partial charge is 0.191 e. The summed E-state index contributed by atoms with van der Waals surface area (Å²) in [5.41, 5.74) is 0. The molecule has 0 spiro atoms. The Kier molecular flexibility index (Phi) is 9.79. The predicted molar refractivity (Wildman–Crippen MR) is 87.6 cm³/mol. The van der Waals surface area contributed by atoms with Gasteiger partial charge in [0.05, 0.1) is 13.2 Å². The van der Waals surface area contributed by atoms with Crippen LogP contribution in [0.15, 0.2) is 40.2 Å². The largest absolute Gasteiger partial charge is 0.380 e. The van der Waals surface area contributed by atoms with Gasteiger partial charge < -0.3 is 15.4 Å². The van der Waals surface area contributed by atoms with Gasteiger partial charge in [0.2, 0.25) is 0 Å². The van der Waals surface area contributed by atoms with Crippen LogP contribution in [-0.4, -0.2) is 44.6 Å². The van der Waals surface area contributed by atoms with Crippen molar-refractivity contribution in [2.75, 3.05) is 38.6 Å². The molecule has 0 radical (unpaired) electrons. The molecule has 0 aliphatic carbocycles. The third-order valence-corrected chi connectivity index (χ3v) is 3.47. The normalized spacial score (nSPS) is 11.4. The van der Waals surface area contributed by atoms with Crippen molar-refractivity contribution >= 4 is 17.7 Å². The second kappa shape index (κ2) is 11.6. The number of rotatable bonds is 9. The Hall–Kier alpha value is -1.20. The molecule has 20 heavy (non-hydrogen) atoms. The van der Waals surface area contributed by atoms with Gasteiger partial charge >= 0.3 is 0 Å². The lowest BCUT2D eigenvalue weighted by atomic mass is 10.4. The van der Waals surface area contributed by atoms with E-state index in [0.717, 1.165) is 31.4 Å². The van der Waals surface area contributed by atoms with E-state index in [2.05, 4.69) is 46.8 Å². The number of nitrogens with one attached hydrogen (secondary N) is 2. The lowest BCUT2D eigenvalue weighted by Gasteiger charge is -2.11. The Balaban J connectivity index is 2.21. The van der Waals surface area contributed by atoms with Crippen molar-refractivity contribution in [3.8, 4) is 0 Å². The van der Waals surface area contributed by atoms with Crippen molar-refractivity contribution in [3.63, 3.8) is 0 Å². The molecule has 0 saturated heterocycles. The van der Waals surface area contributed by atoms with Crippen LogP contribution in [0.2, 0.25) is 0 Å². The zero-order valence-corrected chi connectivity index (χ0v) is 13.2. The zero-order chi connectivity index (χ0) is 14.5. The molecule has 0 heterocycles. The monoisotopic (exact) mass is 295 g/mol. The van der Waals surface area contributed by atoms with E-state index < -0.39 is 0 Å². The van der Waals surface area contributed by atoms with Crippen LogP contribution in [0.5, 0.6) is 0 Å². The summed E-state index contributed by atoms with van der Waals surface area (Å²) in [5.74, 6) is 1.88. The minimum absolute atomic E-state index is 0.672.